The van der Waals surface area contributed by atoms with Gasteiger partial charge in [-0.2, -0.15) is 5.10 Å². The van der Waals surface area contributed by atoms with Gasteiger partial charge in [0.1, 0.15) is 11.6 Å². The fraction of sp³-hybridized carbons (Fsp3) is 0.333. The van der Waals surface area contributed by atoms with Gasteiger partial charge in [-0.3, -0.25) is 14.8 Å². The molecule has 0 spiro atoms. The molecule has 8 nitrogen and oxygen atoms in total. The second-order valence-corrected chi connectivity index (χ2v) is 4.52. The summed E-state index contributed by atoms with van der Waals surface area (Å²) in [5.41, 5.74) is 8.46. The minimum atomic E-state index is -0.496. The van der Waals surface area contributed by atoms with Gasteiger partial charge in [0.15, 0.2) is 0 Å². The maximum Gasteiger partial charge on any atom is 0.276 e. The SMILES string of the molecule is Cc1nn(C)c(C)c1CNc1cc([N+](=O)[O-])cc(N)n1. The molecule has 2 rings (SSSR count). The highest BCUT2D eigenvalue weighted by molar-refractivity contribution is 5.53. The van der Waals surface area contributed by atoms with E-state index in [2.05, 4.69) is 15.4 Å². The lowest BCUT2D eigenvalue weighted by Gasteiger charge is -2.07. The Hall–Kier alpha value is -2.64. The third kappa shape index (κ3) is 2.68. The van der Waals surface area contributed by atoms with Crippen LogP contribution in [0.5, 0.6) is 0 Å². The van der Waals surface area contributed by atoms with Crippen LogP contribution in [0, 0.1) is 24.0 Å². The van der Waals surface area contributed by atoms with Crippen molar-refractivity contribution in [2.75, 3.05) is 11.1 Å². The van der Waals surface area contributed by atoms with Gasteiger partial charge in [0.05, 0.1) is 22.7 Å². The summed E-state index contributed by atoms with van der Waals surface area (Å²) < 4.78 is 1.79. The zero-order valence-corrected chi connectivity index (χ0v) is 11.5. The highest BCUT2D eigenvalue weighted by Crippen LogP contribution is 2.20. The highest BCUT2D eigenvalue weighted by atomic mass is 16.6. The van der Waals surface area contributed by atoms with Crippen LogP contribution in [0.25, 0.3) is 0 Å². The maximum absolute atomic E-state index is 10.8. The molecule has 0 atom stereocenters. The number of aromatic nitrogens is 3. The fourth-order valence-electron chi connectivity index (χ4n) is 1.99. The van der Waals surface area contributed by atoms with E-state index in [0.717, 1.165) is 17.0 Å². The molecular formula is C12H16N6O2. The topological polar surface area (TPSA) is 112 Å². The van der Waals surface area contributed by atoms with Crippen LogP contribution in [0.3, 0.4) is 0 Å². The molecule has 106 valence electrons. The largest absolute Gasteiger partial charge is 0.383 e. The van der Waals surface area contributed by atoms with Crippen LogP contribution in [-0.4, -0.2) is 19.7 Å². The second kappa shape index (κ2) is 5.16. The number of nitrogens with zero attached hydrogens (tertiary/aromatic N) is 4. The average molecular weight is 276 g/mol. The number of nitrogens with two attached hydrogens (primary N) is 1. The number of pyridine rings is 1. The van der Waals surface area contributed by atoms with Crippen LogP contribution in [0.1, 0.15) is 17.0 Å². The number of anilines is 2. The second-order valence-electron chi connectivity index (χ2n) is 4.52. The number of hydrogen-bond acceptors (Lipinski definition) is 6. The predicted octanol–water partition coefficient (Wildman–Crippen LogP) is 1.53. The van der Waals surface area contributed by atoms with Crippen molar-refractivity contribution in [2.45, 2.75) is 20.4 Å². The van der Waals surface area contributed by atoms with Crippen LogP contribution >= 0.6 is 0 Å². The molecule has 0 fully saturated rings. The van der Waals surface area contributed by atoms with Gasteiger partial charge >= 0.3 is 0 Å². The smallest absolute Gasteiger partial charge is 0.276 e. The lowest BCUT2D eigenvalue weighted by molar-refractivity contribution is -0.384. The lowest BCUT2D eigenvalue weighted by atomic mass is 10.2. The molecule has 0 aliphatic rings. The Morgan fingerprint density at radius 1 is 1.45 bits per heavy atom. The first-order chi connectivity index (χ1) is 9.38. The highest BCUT2D eigenvalue weighted by Gasteiger charge is 2.12. The van der Waals surface area contributed by atoms with Gasteiger partial charge in [0.25, 0.3) is 5.69 Å². The molecule has 2 heterocycles. The summed E-state index contributed by atoms with van der Waals surface area (Å²) in [6.45, 7) is 4.37. The molecule has 2 aromatic heterocycles. The molecule has 0 bridgehead atoms. The van der Waals surface area contributed by atoms with Crippen LogP contribution in [0.4, 0.5) is 17.3 Å². The zero-order valence-electron chi connectivity index (χ0n) is 11.5. The van der Waals surface area contributed by atoms with Gasteiger partial charge in [-0.25, -0.2) is 4.98 Å². The van der Waals surface area contributed by atoms with E-state index in [1.54, 1.807) is 4.68 Å². The van der Waals surface area contributed by atoms with Gasteiger partial charge in [0.2, 0.25) is 0 Å². The van der Waals surface area contributed by atoms with Crippen LogP contribution in [0.15, 0.2) is 12.1 Å². The summed E-state index contributed by atoms with van der Waals surface area (Å²) in [6.07, 6.45) is 0. The van der Waals surface area contributed by atoms with E-state index in [-0.39, 0.29) is 11.5 Å². The van der Waals surface area contributed by atoms with Crippen molar-refractivity contribution in [1.29, 1.82) is 0 Å². The molecule has 0 radical (unpaired) electrons. The van der Waals surface area contributed by atoms with Gasteiger partial charge in [0, 0.05) is 24.8 Å². The van der Waals surface area contributed by atoms with Crippen LogP contribution in [0.2, 0.25) is 0 Å². The average Bonchev–Trinajstić information content (AvgIpc) is 2.60. The molecule has 0 aromatic carbocycles. The maximum atomic E-state index is 10.8. The van der Waals surface area contributed by atoms with E-state index >= 15 is 0 Å². The van der Waals surface area contributed by atoms with Crippen LogP contribution in [-0.2, 0) is 13.6 Å². The molecule has 0 aliphatic heterocycles. The van der Waals surface area contributed by atoms with Crippen molar-refractivity contribution >= 4 is 17.3 Å². The molecule has 0 saturated heterocycles. The molecular weight excluding hydrogens is 260 g/mol. The number of rotatable bonds is 4. The third-order valence-electron chi connectivity index (χ3n) is 3.15. The summed E-state index contributed by atoms with van der Waals surface area (Å²) in [5, 5.41) is 18.1. The normalized spacial score (nSPS) is 10.6. The Balaban J connectivity index is 2.21. The van der Waals surface area contributed by atoms with Crippen molar-refractivity contribution in [2.24, 2.45) is 7.05 Å². The fourth-order valence-corrected chi connectivity index (χ4v) is 1.99. The Morgan fingerprint density at radius 3 is 2.70 bits per heavy atom. The molecule has 0 unspecified atom stereocenters. The summed E-state index contributed by atoms with van der Waals surface area (Å²) in [4.78, 5) is 14.3. The van der Waals surface area contributed by atoms with Crippen molar-refractivity contribution in [3.63, 3.8) is 0 Å². The summed E-state index contributed by atoms with van der Waals surface area (Å²) in [7, 11) is 1.87. The first kappa shape index (κ1) is 13.8. The van der Waals surface area contributed by atoms with Crippen molar-refractivity contribution in [3.8, 4) is 0 Å². The zero-order chi connectivity index (χ0) is 14.9. The summed E-state index contributed by atoms with van der Waals surface area (Å²) in [5.74, 6) is 0.487. The number of hydrogen-bond donors (Lipinski definition) is 2. The third-order valence-corrected chi connectivity index (χ3v) is 3.15. The Labute approximate surface area is 115 Å². The standard InChI is InChI=1S/C12H16N6O2/c1-7-10(8(2)17(3)16-7)6-14-12-5-9(18(19)20)4-11(13)15-12/h4-5H,6H2,1-3H3,(H3,13,14,15). The van der Waals surface area contributed by atoms with Crippen molar-refractivity contribution in [3.05, 3.63) is 39.2 Å². The monoisotopic (exact) mass is 276 g/mol. The number of nitrogens with one attached hydrogen (secondary N) is 1. The molecule has 0 aliphatic carbocycles. The van der Waals surface area contributed by atoms with Crippen molar-refractivity contribution < 1.29 is 4.92 Å². The minimum absolute atomic E-state index is 0.0837. The minimum Gasteiger partial charge on any atom is -0.383 e. The molecule has 8 heteroatoms. The molecule has 2 aromatic rings. The molecule has 3 N–H and O–H groups in total. The summed E-state index contributed by atoms with van der Waals surface area (Å²) in [6, 6.07) is 2.59. The van der Waals surface area contributed by atoms with E-state index in [0.29, 0.717) is 12.4 Å². The van der Waals surface area contributed by atoms with Gasteiger partial charge in [-0.1, -0.05) is 0 Å². The molecule has 0 saturated carbocycles. The number of nitro groups is 1. The van der Waals surface area contributed by atoms with E-state index in [1.165, 1.54) is 12.1 Å². The lowest BCUT2D eigenvalue weighted by Crippen LogP contribution is -2.05. The van der Waals surface area contributed by atoms with Gasteiger partial charge in [-0.05, 0) is 13.8 Å². The van der Waals surface area contributed by atoms with Gasteiger partial charge in [-0.15, -0.1) is 0 Å². The number of aryl methyl sites for hydroxylation is 2. The quantitative estimate of drug-likeness (QED) is 0.647. The first-order valence-electron chi connectivity index (χ1n) is 6.03. The summed E-state index contributed by atoms with van der Waals surface area (Å²) >= 11 is 0. The van der Waals surface area contributed by atoms with Crippen molar-refractivity contribution in [1.82, 2.24) is 14.8 Å². The van der Waals surface area contributed by atoms with E-state index in [1.807, 2.05) is 20.9 Å². The van der Waals surface area contributed by atoms with Crippen LogP contribution < -0.4 is 11.1 Å². The Morgan fingerprint density at radius 2 is 2.15 bits per heavy atom. The number of nitrogen functional groups attached to an aromatic ring is 1. The van der Waals surface area contributed by atoms with E-state index < -0.39 is 4.92 Å². The first-order valence-corrected chi connectivity index (χ1v) is 6.03. The predicted molar refractivity (Wildman–Crippen MR) is 75.3 cm³/mol. The van der Waals surface area contributed by atoms with E-state index in [9.17, 15) is 10.1 Å². The molecule has 0 amide bonds. The van der Waals surface area contributed by atoms with E-state index in [4.69, 9.17) is 5.73 Å². The Kier molecular flexibility index (Phi) is 3.55. The molecule has 20 heavy (non-hydrogen) atoms. The Bertz CT molecular complexity index is 664. The van der Waals surface area contributed by atoms with Gasteiger partial charge < -0.3 is 11.1 Å².